The van der Waals surface area contributed by atoms with Gasteiger partial charge in [0.1, 0.15) is 5.69 Å². The van der Waals surface area contributed by atoms with E-state index in [4.69, 9.17) is 5.11 Å². The Labute approximate surface area is 118 Å². The van der Waals surface area contributed by atoms with Gasteiger partial charge in [0.05, 0.1) is 6.42 Å². The molecule has 6 nitrogen and oxygen atoms in total. The number of carboxylic acids is 1. The number of aromatic nitrogens is 4. The SMILES string of the molecule is CCCn1ccc(-c2nnc(SCCC(=O)O)s2)n1. The van der Waals surface area contributed by atoms with Gasteiger partial charge >= 0.3 is 5.97 Å². The van der Waals surface area contributed by atoms with Crippen molar-refractivity contribution in [2.75, 3.05) is 5.75 Å². The molecule has 0 saturated heterocycles. The lowest BCUT2D eigenvalue weighted by Crippen LogP contribution is -1.96. The number of aliphatic carboxylic acids is 1. The van der Waals surface area contributed by atoms with Gasteiger partial charge in [0.25, 0.3) is 0 Å². The van der Waals surface area contributed by atoms with Crippen LogP contribution in [0.25, 0.3) is 10.7 Å². The van der Waals surface area contributed by atoms with E-state index < -0.39 is 5.97 Å². The first kappa shape index (κ1) is 14.0. The number of carbonyl (C=O) groups is 1. The maximum atomic E-state index is 10.4. The van der Waals surface area contributed by atoms with E-state index in [1.165, 1.54) is 23.1 Å². The van der Waals surface area contributed by atoms with Crippen LogP contribution in [-0.4, -0.2) is 36.8 Å². The maximum absolute atomic E-state index is 10.4. The average molecular weight is 298 g/mol. The minimum Gasteiger partial charge on any atom is -0.481 e. The molecule has 8 heteroatoms. The fourth-order valence-electron chi connectivity index (χ4n) is 1.43. The second kappa shape index (κ2) is 6.67. The summed E-state index contributed by atoms with van der Waals surface area (Å²) in [4.78, 5) is 10.4. The molecule has 0 aliphatic heterocycles. The molecule has 1 N–H and O–H groups in total. The predicted octanol–water partition coefficient (Wildman–Crippen LogP) is 2.38. The molecule has 0 fully saturated rings. The lowest BCUT2D eigenvalue weighted by molar-refractivity contribution is -0.136. The first-order chi connectivity index (χ1) is 9.19. The van der Waals surface area contributed by atoms with Crippen molar-refractivity contribution >= 4 is 29.1 Å². The van der Waals surface area contributed by atoms with Gasteiger partial charge < -0.3 is 5.11 Å². The van der Waals surface area contributed by atoms with E-state index in [1.54, 1.807) is 0 Å². The molecule has 0 aliphatic carbocycles. The molecule has 0 unspecified atom stereocenters. The minimum atomic E-state index is -0.796. The Hall–Kier alpha value is -1.41. The Balaban J connectivity index is 1.97. The summed E-state index contributed by atoms with van der Waals surface area (Å²) in [5.74, 6) is -0.288. The van der Waals surface area contributed by atoms with E-state index >= 15 is 0 Å². The van der Waals surface area contributed by atoms with Crippen molar-refractivity contribution in [3.05, 3.63) is 12.3 Å². The third-order valence-electron chi connectivity index (χ3n) is 2.26. The number of aryl methyl sites for hydroxylation is 1. The van der Waals surface area contributed by atoms with Crippen molar-refractivity contribution in [3.8, 4) is 10.7 Å². The van der Waals surface area contributed by atoms with E-state index in [1.807, 2.05) is 16.9 Å². The Morgan fingerprint density at radius 3 is 3.11 bits per heavy atom. The smallest absolute Gasteiger partial charge is 0.304 e. The number of hydrogen-bond donors (Lipinski definition) is 1. The highest BCUT2D eigenvalue weighted by molar-refractivity contribution is 8.01. The molecular weight excluding hydrogens is 284 g/mol. The normalized spacial score (nSPS) is 10.8. The summed E-state index contributed by atoms with van der Waals surface area (Å²) < 4.78 is 2.66. The van der Waals surface area contributed by atoms with Gasteiger partial charge in [-0.3, -0.25) is 9.48 Å². The van der Waals surface area contributed by atoms with Crippen molar-refractivity contribution < 1.29 is 9.90 Å². The van der Waals surface area contributed by atoms with E-state index in [9.17, 15) is 4.79 Å². The van der Waals surface area contributed by atoms with Gasteiger partial charge in [0, 0.05) is 18.5 Å². The predicted molar refractivity (Wildman–Crippen MR) is 74.4 cm³/mol. The van der Waals surface area contributed by atoms with Crippen molar-refractivity contribution in [3.63, 3.8) is 0 Å². The molecule has 2 aromatic rings. The van der Waals surface area contributed by atoms with Gasteiger partial charge in [-0.15, -0.1) is 10.2 Å². The summed E-state index contributed by atoms with van der Waals surface area (Å²) in [5.41, 5.74) is 0.816. The molecule has 0 aliphatic rings. The lowest BCUT2D eigenvalue weighted by atomic mass is 10.5. The summed E-state index contributed by atoms with van der Waals surface area (Å²) in [6.45, 7) is 2.99. The zero-order valence-corrected chi connectivity index (χ0v) is 12.1. The molecule has 0 amide bonds. The standard InChI is InChI=1S/C11H14N4O2S2/c1-2-5-15-6-3-8(14-15)10-12-13-11(19-10)18-7-4-9(16)17/h3,6H,2,4-5,7H2,1H3,(H,16,17). The zero-order chi connectivity index (χ0) is 13.7. The van der Waals surface area contributed by atoms with Crippen LogP contribution in [-0.2, 0) is 11.3 Å². The second-order valence-electron chi connectivity index (χ2n) is 3.83. The van der Waals surface area contributed by atoms with Crippen molar-refractivity contribution in [1.29, 1.82) is 0 Å². The van der Waals surface area contributed by atoms with Crippen LogP contribution >= 0.6 is 23.1 Å². The lowest BCUT2D eigenvalue weighted by Gasteiger charge is -1.94. The highest BCUT2D eigenvalue weighted by Gasteiger charge is 2.10. The molecule has 19 heavy (non-hydrogen) atoms. The molecule has 0 spiro atoms. The summed E-state index contributed by atoms with van der Waals surface area (Å²) in [6, 6.07) is 1.92. The van der Waals surface area contributed by atoms with E-state index in [-0.39, 0.29) is 6.42 Å². The highest BCUT2D eigenvalue weighted by atomic mass is 32.2. The van der Waals surface area contributed by atoms with Crippen LogP contribution in [0.1, 0.15) is 19.8 Å². The van der Waals surface area contributed by atoms with Gasteiger partial charge in [-0.1, -0.05) is 30.0 Å². The fourth-order valence-corrected chi connectivity index (χ4v) is 3.24. The second-order valence-corrected chi connectivity index (χ2v) is 6.15. The molecule has 0 radical (unpaired) electrons. The molecule has 0 bridgehead atoms. The molecule has 102 valence electrons. The topological polar surface area (TPSA) is 80.9 Å². The van der Waals surface area contributed by atoms with Crippen molar-refractivity contribution in [1.82, 2.24) is 20.0 Å². The fraction of sp³-hybridized carbons (Fsp3) is 0.455. The van der Waals surface area contributed by atoms with Crippen molar-refractivity contribution in [2.45, 2.75) is 30.6 Å². The van der Waals surface area contributed by atoms with Gasteiger partial charge in [-0.05, 0) is 12.5 Å². The Bertz CT molecular complexity index is 552. The summed E-state index contributed by atoms with van der Waals surface area (Å²) in [6.07, 6.45) is 3.09. The number of carboxylic acid groups (broad SMARTS) is 1. The summed E-state index contributed by atoms with van der Waals surface area (Å²) in [5, 5.41) is 21.9. The van der Waals surface area contributed by atoms with E-state index in [0.29, 0.717) is 5.75 Å². The van der Waals surface area contributed by atoms with Crippen LogP contribution in [0.2, 0.25) is 0 Å². The maximum Gasteiger partial charge on any atom is 0.304 e. The van der Waals surface area contributed by atoms with E-state index in [2.05, 4.69) is 22.2 Å². The Morgan fingerprint density at radius 1 is 1.53 bits per heavy atom. The number of nitrogens with zero attached hydrogens (tertiary/aromatic N) is 4. The van der Waals surface area contributed by atoms with Gasteiger partial charge in [0.15, 0.2) is 9.35 Å². The van der Waals surface area contributed by atoms with Crippen molar-refractivity contribution in [2.24, 2.45) is 0 Å². The molecule has 0 aromatic carbocycles. The van der Waals surface area contributed by atoms with Crippen LogP contribution < -0.4 is 0 Å². The molecule has 2 aromatic heterocycles. The van der Waals surface area contributed by atoms with Crippen LogP contribution in [0.3, 0.4) is 0 Å². The number of thioether (sulfide) groups is 1. The summed E-state index contributed by atoms with van der Waals surface area (Å²) in [7, 11) is 0. The molecular formula is C11H14N4O2S2. The van der Waals surface area contributed by atoms with E-state index in [0.717, 1.165) is 28.0 Å². The molecule has 0 atom stereocenters. The Kier molecular flexibility index (Phi) is 4.92. The molecule has 0 saturated carbocycles. The first-order valence-electron chi connectivity index (χ1n) is 5.91. The molecule has 2 rings (SSSR count). The minimum absolute atomic E-state index is 0.130. The largest absolute Gasteiger partial charge is 0.481 e. The first-order valence-corrected chi connectivity index (χ1v) is 7.71. The quantitative estimate of drug-likeness (QED) is 0.790. The monoisotopic (exact) mass is 298 g/mol. The molecule has 2 heterocycles. The average Bonchev–Trinajstić information content (AvgIpc) is 2.98. The highest BCUT2D eigenvalue weighted by Crippen LogP contribution is 2.28. The third kappa shape index (κ3) is 4.03. The summed E-state index contributed by atoms with van der Waals surface area (Å²) >= 11 is 2.85. The van der Waals surface area contributed by atoms with Crippen LogP contribution in [0, 0.1) is 0 Å². The van der Waals surface area contributed by atoms with Crippen LogP contribution in [0.15, 0.2) is 16.6 Å². The van der Waals surface area contributed by atoms with Gasteiger partial charge in [-0.25, -0.2) is 0 Å². The number of rotatable bonds is 7. The van der Waals surface area contributed by atoms with Crippen LogP contribution in [0.5, 0.6) is 0 Å². The Morgan fingerprint density at radius 2 is 2.37 bits per heavy atom. The van der Waals surface area contributed by atoms with Crippen LogP contribution in [0.4, 0.5) is 0 Å². The number of hydrogen-bond acceptors (Lipinski definition) is 6. The van der Waals surface area contributed by atoms with Gasteiger partial charge in [0.2, 0.25) is 0 Å². The zero-order valence-electron chi connectivity index (χ0n) is 10.4. The third-order valence-corrected chi connectivity index (χ3v) is 4.34. The van der Waals surface area contributed by atoms with Gasteiger partial charge in [-0.2, -0.15) is 5.10 Å².